The summed E-state index contributed by atoms with van der Waals surface area (Å²) < 4.78 is 5.12. The van der Waals surface area contributed by atoms with Crippen molar-refractivity contribution in [3.63, 3.8) is 0 Å². The standard InChI is InChI=1S/C22H21N9O3/c1-12-8-16(34-29-12)10-30(24)28-20(23)14-4-2-13(3-5-14)19-21(32)27-22(33)31(19)15-6-7-17-18(9-15)26-11-25-17/h2-9,11,19H,10,24H2,1H3,(H2,23,28)(H,25,26)(H,27,32,33). The van der Waals surface area contributed by atoms with Crippen LogP contribution in [-0.4, -0.2) is 38.0 Å². The van der Waals surface area contributed by atoms with E-state index in [1.165, 1.54) is 4.90 Å². The molecule has 0 spiro atoms. The molecule has 5 rings (SSSR count). The number of hydrogen-bond acceptors (Lipinski definition) is 8. The van der Waals surface area contributed by atoms with Crippen LogP contribution in [0.3, 0.4) is 0 Å². The van der Waals surface area contributed by atoms with Crippen molar-refractivity contribution in [1.29, 1.82) is 0 Å². The fourth-order valence-electron chi connectivity index (χ4n) is 3.83. The van der Waals surface area contributed by atoms with Crippen molar-refractivity contribution in [3.05, 3.63) is 77.4 Å². The number of carbonyl (C=O) groups excluding carboxylic acids is 2. The summed E-state index contributed by atoms with van der Waals surface area (Å²) in [4.78, 5) is 33.8. The van der Waals surface area contributed by atoms with Crippen molar-refractivity contribution < 1.29 is 14.1 Å². The molecule has 1 aliphatic rings. The number of imide groups is 1. The Bertz CT molecular complexity index is 1410. The number of anilines is 1. The fraction of sp³-hybridized carbons (Fsp3) is 0.136. The number of aromatic amines is 1. The van der Waals surface area contributed by atoms with Crippen LogP contribution in [0, 0.1) is 6.92 Å². The maximum atomic E-state index is 12.6. The number of urea groups is 1. The first-order valence-corrected chi connectivity index (χ1v) is 10.3. The molecule has 0 radical (unpaired) electrons. The number of aryl methyl sites for hydroxylation is 1. The second-order valence-corrected chi connectivity index (χ2v) is 7.81. The second kappa shape index (κ2) is 8.33. The summed E-state index contributed by atoms with van der Waals surface area (Å²) in [6, 6.07) is 12.6. The highest BCUT2D eigenvalue weighted by atomic mass is 16.5. The van der Waals surface area contributed by atoms with Crippen LogP contribution >= 0.6 is 0 Å². The van der Waals surface area contributed by atoms with Crippen LogP contribution in [0.1, 0.15) is 28.6 Å². The number of nitrogens with one attached hydrogen (secondary N) is 2. The van der Waals surface area contributed by atoms with Crippen molar-refractivity contribution in [2.45, 2.75) is 19.5 Å². The van der Waals surface area contributed by atoms with Crippen LogP contribution in [-0.2, 0) is 11.3 Å². The number of fused-ring (bicyclic) bond motifs is 1. The number of hydrogen-bond donors (Lipinski definition) is 4. The van der Waals surface area contributed by atoms with E-state index in [1.54, 1.807) is 54.9 Å². The van der Waals surface area contributed by atoms with Gasteiger partial charge in [0.05, 0.1) is 23.1 Å². The van der Waals surface area contributed by atoms with Crippen LogP contribution in [0.25, 0.3) is 11.0 Å². The summed E-state index contributed by atoms with van der Waals surface area (Å²) in [6.07, 6.45) is 1.57. The summed E-state index contributed by atoms with van der Waals surface area (Å²) in [5, 5.41) is 11.5. The molecule has 0 saturated carbocycles. The van der Waals surface area contributed by atoms with Gasteiger partial charge in [-0.3, -0.25) is 15.0 Å². The molecule has 3 heterocycles. The maximum absolute atomic E-state index is 12.6. The highest BCUT2D eigenvalue weighted by Gasteiger charge is 2.40. The Labute approximate surface area is 193 Å². The van der Waals surface area contributed by atoms with Crippen LogP contribution in [0.5, 0.6) is 0 Å². The number of nitrogens with two attached hydrogens (primary N) is 2. The van der Waals surface area contributed by atoms with Crippen molar-refractivity contribution in [2.75, 3.05) is 4.90 Å². The molecule has 6 N–H and O–H groups in total. The van der Waals surface area contributed by atoms with Crippen LogP contribution in [0.4, 0.5) is 10.5 Å². The first kappa shape index (κ1) is 21.2. The molecule has 2 aromatic heterocycles. The number of rotatable bonds is 6. The average Bonchev–Trinajstić information content (AvgIpc) is 3.51. The zero-order valence-corrected chi connectivity index (χ0v) is 18.1. The smallest absolute Gasteiger partial charge is 0.329 e. The van der Waals surface area contributed by atoms with E-state index in [-0.39, 0.29) is 12.4 Å². The molecule has 1 saturated heterocycles. The van der Waals surface area contributed by atoms with Gasteiger partial charge < -0.3 is 15.2 Å². The van der Waals surface area contributed by atoms with Gasteiger partial charge in [0.1, 0.15) is 12.6 Å². The fourth-order valence-corrected chi connectivity index (χ4v) is 3.83. The molecule has 34 heavy (non-hydrogen) atoms. The van der Waals surface area contributed by atoms with Crippen molar-refractivity contribution in [1.82, 2.24) is 25.6 Å². The lowest BCUT2D eigenvalue weighted by Gasteiger charge is -2.22. The van der Waals surface area contributed by atoms with Gasteiger partial charge in [0, 0.05) is 17.3 Å². The number of nitrogens with zero attached hydrogens (tertiary/aromatic N) is 5. The van der Waals surface area contributed by atoms with Crippen molar-refractivity contribution >= 4 is 34.5 Å². The predicted molar refractivity (Wildman–Crippen MR) is 123 cm³/mol. The van der Waals surface area contributed by atoms with E-state index < -0.39 is 18.0 Å². The highest BCUT2D eigenvalue weighted by Crippen LogP contribution is 2.32. The lowest BCUT2D eigenvalue weighted by atomic mass is 10.0. The Morgan fingerprint density at radius 1 is 1.21 bits per heavy atom. The number of carbonyl (C=O) groups is 2. The predicted octanol–water partition coefficient (Wildman–Crippen LogP) is 1.65. The first-order valence-electron chi connectivity index (χ1n) is 10.3. The normalized spacial score (nSPS) is 16.4. The molecule has 0 aliphatic carbocycles. The Morgan fingerprint density at radius 3 is 2.74 bits per heavy atom. The maximum Gasteiger partial charge on any atom is 0.329 e. The van der Waals surface area contributed by atoms with Crippen molar-refractivity contribution in [2.24, 2.45) is 16.7 Å². The van der Waals surface area contributed by atoms with E-state index >= 15 is 0 Å². The summed E-state index contributed by atoms with van der Waals surface area (Å²) in [7, 11) is 0. The van der Waals surface area contributed by atoms with E-state index in [0.717, 1.165) is 21.8 Å². The Hall–Kier alpha value is -4.71. The summed E-state index contributed by atoms with van der Waals surface area (Å²) in [5.74, 6) is 6.22. The monoisotopic (exact) mass is 459 g/mol. The number of amidine groups is 1. The van der Waals surface area contributed by atoms with E-state index in [2.05, 4.69) is 25.5 Å². The summed E-state index contributed by atoms with van der Waals surface area (Å²) >= 11 is 0. The highest BCUT2D eigenvalue weighted by molar-refractivity contribution is 6.15. The molecule has 1 atom stereocenters. The van der Waals surface area contributed by atoms with Gasteiger partial charge in [-0.2, -0.15) is 0 Å². The Kier molecular flexibility index (Phi) is 5.18. The van der Waals surface area contributed by atoms with Gasteiger partial charge in [0.2, 0.25) is 0 Å². The zero-order chi connectivity index (χ0) is 23.8. The summed E-state index contributed by atoms with van der Waals surface area (Å²) in [5.41, 5.74) is 10.1. The molecule has 0 bridgehead atoms. The molecule has 3 amide bonds. The average molecular weight is 459 g/mol. The van der Waals surface area contributed by atoms with Crippen molar-refractivity contribution in [3.8, 4) is 0 Å². The van der Waals surface area contributed by atoms with E-state index in [1.807, 2.05) is 6.92 Å². The minimum absolute atomic E-state index is 0.179. The van der Waals surface area contributed by atoms with Gasteiger partial charge in [0.15, 0.2) is 11.6 Å². The molecular weight excluding hydrogens is 438 g/mol. The SMILES string of the molecule is Cc1cc(CN(N)/N=C(\N)c2ccc(C3C(=O)NC(=O)N3c3ccc4nc[nH]c4c3)cc2)on1. The van der Waals surface area contributed by atoms with E-state index in [9.17, 15) is 9.59 Å². The largest absolute Gasteiger partial charge is 0.382 e. The van der Waals surface area contributed by atoms with Gasteiger partial charge in [0.25, 0.3) is 5.91 Å². The number of aromatic nitrogens is 3. The van der Waals surface area contributed by atoms with Crippen LogP contribution < -0.4 is 21.8 Å². The van der Waals surface area contributed by atoms with Gasteiger partial charge in [-0.1, -0.05) is 29.4 Å². The summed E-state index contributed by atoms with van der Waals surface area (Å²) in [6.45, 7) is 2.00. The van der Waals surface area contributed by atoms with Gasteiger partial charge in [-0.25, -0.2) is 20.7 Å². The van der Waals surface area contributed by atoms with Gasteiger partial charge in [-0.15, -0.1) is 5.10 Å². The third-order valence-electron chi connectivity index (χ3n) is 5.39. The molecule has 12 nitrogen and oxygen atoms in total. The molecule has 4 aromatic rings. The minimum Gasteiger partial charge on any atom is -0.382 e. The molecule has 2 aromatic carbocycles. The van der Waals surface area contributed by atoms with E-state index in [4.69, 9.17) is 16.1 Å². The zero-order valence-electron chi connectivity index (χ0n) is 18.1. The quantitative estimate of drug-likeness (QED) is 0.111. The van der Waals surface area contributed by atoms with E-state index in [0.29, 0.717) is 22.6 Å². The third kappa shape index (κ3) is 3.93. The Morgan fingerprint density at radius 2 is 2.00 bits per heavy atom. The lowest BCUT2D eigenvalue weighted by Crippen LogP contribution is -2.30. The molecule has 12 heteroatoms. The van der Waals surface area contributed by atoms with Gasteiger partial charge >= 0.3 is 6.03 Å². The number of hydrazone groups is 1. The molecule has 1 aliphatic heterocycles. The third-order valence-corrected chi connectivity index (χ3v) is 5.39. The van der Waals surface area contributed by atoms with Crippen LogP contribution in [0.2, 0.25) is 0 Å². The number of amides is 3. The first-order chi connectivity index (χ1) is 16.4. The second-order valence-electron chi connectivity index (χ2n) is 7.81. The number of benzene rings is 2. The minimum atomic E-state index is -0.833. The number of H-pyrrole nitrogens is 1. The topological polar surface area (TPSA) is 172 Å². The lowest BCUT2D eigenvalue weighted by molar-refractivity contribution is -0.119. The molecule has 172 valence electrons. The molecule has 1 fully saturated rings. The molecule has 1 unspecified atom stereocenters. The van der Waals surface area contributed by atoms with Crippen LogP contribution in [0.15, 0.2) is 64.5 Å². The Balaban J connectivity index is 1.37. The number of hydrazine groups is 1. The molecular formula is C22H21N9O3. The number of imidazole rings is 1. The van der Waals surface area contributed by atoms with Gasteiger partial charge in [-0.05, 0) is 30.7 Å².